The van der Waals surface area contributed by atoms with Crippen LogP contribution in [0.5, 0.6) is 0 Å². The van der Waals surface area contributed by atoms with Crippen molar-refractivity contribution in [1.82, 2.24) is 15.1 Å². The Morgan fingerprint density at radius 3 is 2.39 bits per heavy atom. The fourth-order valence-corrected chi connectivity index (χ4v) is 7.36. The number of carbonyl (C=O) groups excluding carboxylic acids is 3. The highest BCUT2D eigenvalue weighted by Gasteiger charge is 2.45. The number of nitrogens with zero attached hydrogens (tertiary/aromatic N) is 4. The number of carbonyl (C=O) groups is 3. The summed E-state index contributed by atoms with van der Waals surface area (Å²) in [5, 5.41) is 3.22. The van der Waals surface area contributed by atoms with E-state index in [1.165, 1.54) is 24.1 Å². The fraction of sp³-hybridized carbons (Fsp3) is 0.516. The number of rotatable bonds is 5. The van der Waals surface area contributed by atoms with Crippen molar-refractivity contribution in [2.75, 3.05) is 62.3 Å². The van der Waals surface area contributed by atoms with Crippen LogP contribution in [0.25, 0.3) is 0 Å². The average molecular weight is 578 g/mol. The largest absolute Gasteiger partial charge is 0.378 e. The Morgan fingerprint density at radius 2 is 1.66 bits per heavy atom. The summed E-state index contributed by atoms with van der Waals surface area (Å²) in [7, 11) is 0. The second-order valence-electron chi connectivity index (χ2n) is 12.2. The Balaban J connectivity index is 0.928. The smallest absolute Gasteiger partial charge is 0.255 e. The van der Waals surface area contributed by atoms with E-state index >= 15 is 0 Å². The van der Waals surface area contributed by atoms with Crippen molar-refractivity contribution in [2.45, 2.75) is 44.8 Å². The summed E-state index contributed by atoms with van der Waals surface area (Å²) in [5.74, 6) is -0.757. The molecule has 0 bridgehead atoms. The maximum absolute atomic E-state index is 13.0. The van der Waals surface area contributed by atoms with Crippen LogP contribution in [-0.2, 0) is 27.4 Å². The number of amides is 3. The van der Waals surface area contributed by atoms with Gasteiger partial charge < -0.3 is 19.4 Å². The zero-order chi connectivity index (χ0) is 28.1. The minimum atomic E-state index is -0.578. The van der Waals surface area contributed by atoms with Crippen LogP contribution >= 0.6 is 11.6 Å². The van der Waals surface area contributed by atoms with Crippen LogP contribution < -0.4 is 15.1 Å². The van der Waals surface area contributed by atoms with Crippen LogP contribution in [0.1, 0.15) is 47.2 Å². The van der Waals surface area contributed by atoms with Crippen molar-refractivity contribution in [3.63, 3.8) is 0 Å². The van der Waals surface area contributed by atoms with Gasteiger partial charge in [-0.2, -0.15) is 0 Å². The number of imide groups is 1. The molecule has 10 heteroatoms. The van der Waals surface area contributed by atoms with Gasteiger partial charge in [-0.1, -0.05) is 17.7 Å². The van der Waals surface area contributed by atoms with Crippen LogP contribution in [0.4, 0.5) is 11.4 Å². The molecule has 0 aromatic heterocycles. The molecule has 0 aliphatic carbocycles. The quantitative estimate of drug-likeness (QED) is 0.547. The zero-order valence-corrected chi connectivity index (χ0v) is 24.0. The summed E-state index contributed by atoms with van der Waals surface area (Å²) in [4.78, 5) is 45.8. The molecule has 4 fully saturated rings. The number of hydrogen-bond acceptors (Lipinski definition) is 7. The van der Waals surface area contributed by atoms with E-state index in [-0.39, 0.29) is 24.1 Å². The van der Waals surface area contributed by atoms with E-state index in [1.807, 2.05) is 12.1 Å². The van der Waals surface area contributed by atoms with E-state index in [2.05, 4.69) is 44.3 Å². The summed E-state index contributed by atoms with van der Waals surface area (Å²) in [6, 6.07) is 12.0. The van der Waals surface area contributed by atoms with Gasteiger partial charge in [0.05, 0.1) is 13.2 Å². The van der Waals surface area contributed by atoms with Crippen molar-refractivity contribution in [3.8, 4) is 0 Å². The fourth-order valence-electron chi connectivity index (χ4n) is 7.13. The summed E-state index contributed by atoms with van der Waals surface area (Å²) < 4.78 is 5.47. The molecule has 41 heavy (non-hydrogen) atoms. The first-order valence-corrected chi connectivity index (χ1v) is 15.1. The molecular weight excluding hydrogens is 542 g/mol. The van der Waals surface area contributed by atoms with Gasteiger partial charge in [0, 0.05) is 73.1 Å². The molecule has 1 N–H and O–H groups in total. The van der Waals surface area contributed by atoms with Crippen LogP contribution in [0.2, 0.25) is 5.02 Å². The van der Waals surface area contributed by atoms with Gasteiger partial charge in [-0.15, -0.1) is 0 Å². The highest BCUT2D eigenvalue weighted by atomic mass is 35.5. The second kappa shape index (κ2) is 10.6. The Morgan fingerprint density at radius 1 is 0.927 bits per heavy atom. The monoisotopic (exact) mass is 577 g/mol. The number of halogens is 1. The van der Waals surface area contributed by atoms with E-state index in [4.69, 9.17) is 16.3 Å². The number of fused-ring (bicyclic) bond motifs is 1. The number of anilines is 2. The number of hydrogen-bond donors (Lipinski definition) is 1. The molecule has 7 rings (SSSR count). The number of ether oxygens (including phenoxy) is 1. The van der Waals surface area contributed by atoms with E-state index in [0.717, 1.165) is 75.3 Å². The first-order chi connectivity index (χ1) is 19.9. The molecule has 2 aromatic carbocycles. The predicted octanol–water partition coefficient (Wildman–Crippen LogP) is 3.04. The van der Waals surface area contributed by atoms with Gasteiger partial charge >= 0.3 is 0 Å². The predicted molar refractivity (Wildman–Crippen MR) is 156 cm³/mol. The van der Waals surface area contributed by atoms with Gasteiger partial charge in [-0.3, -0.25) is 24.6 Å². The number of benzene rings is 2. The Labute approximate surface area is 245 Å². The molecule has 5 aliphatic rings. The topological polar surface area (TPSA) is 85.4 Å². The third kappa shape index (κ3) is 5.08. The normalized spacial score (nSPS) is 24.5. The number of morpholine rings is 1. The molecule has 3 amide bonds. The molecule has 5 heterocycles. The van der Waals surface area contributed by atoms with E-state index in [9.17, 15) is 14.4 Å². The van der Waals surface area contributed by atoms with Crippen molar-refractivity contribution >= 4 is 40.7 Å². The maximum Gasteiger partial charge on any atom is 0.255 e. The number of piperidine rings is 2. The summed E-state index contributed by atoms with van der Waals surface area (Å²) in [6.07, 6.45) is 2.98. The van der Waals surface area contributed by atoms with Crippen LogP contribution in [-0.4, -0.2) is 86.0 Å². The van der Waals surface area contributed by atoms with Gasteiger partial charge in [0.15, 0.2) is 0 Å². The molecule has 0 saturated carbocycles. The first kappa shape index (κ1) is 26.7. The Hall–Kier alpha value is -3.14. The molecule has 1 atom stereocenters. The average Bonchev–Trinajstić information content (AvgIpc) is 3.29. The van der Waals surface area contributed by atoms with Gasteiger partial charge in [0.2, 0.25) is 11.8 Å². The lowest BCUT2D eigenvalue weighted by molar-refractivity contribution is -0.136. The van der Waals surface area contributed by atoms with Gasteiger partial charge in [-0.25, -0.2) is 0 Å². The summed E-state index contributed by atoms with van der Waals surface area (Å²) in [6.45, 7) is 8.82. The van der Waals surface area contributed by atoms with Gasteiger partial charge in [0.1, 0.15) is 6.04 Å². The molecular formula is C31H36ClN5O4. The third-order valence-corrected chi connectivity index (χ3v) is 10.0. The Kier molecular flexibility index (Phi) is 6.92. The van der Waals surface area contributed by atoms with E-state index in [1.54, 1.807) is 4.90 Å². The van der Waals surface area contributed by atoms with Gasteiger partial charge in [-0.05, 0) is 73.8 Å². The number of likely N-dealkylation sites (tertiary alicyclic amines) is 1. The standard InChI is InChI=1S/C31H36ClN5O4/c32-26-16-24(35-11-13-41-14-12-35)2-1-21(26)17-34-9-7-31(8-10-34)19-36(20-31)23-3-4-25-22(15-23)18-37(30(25)40)27-5-6-28(38)33-29(27)39/h1-4,15-16,27H,5-14,17-20H2,(H,33,38,39). The van der Waals surface area contributed by atoms with Gasteiger partial charge in [0.25, 0.3) is 5.91 Å². The van der Waals surface area contributed by atoms with E-state index < -0.39 is 6.04 Å². The summed E-state index contributed by atoms with van der Waals surface area (Å²) in [5.41, 5.74) is 5.47. The maximum atomic E-state index is 13.0. The highest BCUT2D eigenvalue weighted by molar-refractivity contribution is 6.31. The van der Waals surface area contributed by atoms with Crippen molar-refractivity contribution in [2.24, 2.45) is 5.41 Å². The van der Waals surface area contributed by atoms with Crippen molar-refractivity contribution < 1.29 is 19.1 Å². The van der Waals surface area contributed by atoms with Crippen LogP contribution in [0, 0.1) is 5.41 Å². The SMILES string of the molecule is O=C1CCC(N2Cc3cc(N4CC5(CCN(Cc6ccc(N7CCOCC7)cc6Cl)CC5)C4)ccc3C2=O)C(=O)N1. The van der Waals surface area contributed by atoms with Crippen molar-refractivity contribution in [1.29, 1.82) is 0 Å². The molecule has 2 aromatic rings. The molecule has 9 nitrogen and oxygen atoms in total. The third-order valence-electron chi connectivity index (χ3n) is 9.65. The lowest BCUT2D eigenvalue weighted by atomic mass is 9.71. The Bertz CT molecular complexity index is 1380. The minimum absolute atomic E-state index is 0.121. The number of nitrogens with one attached hydrogen (secondary N) is 1. The molecule has 0 radical (unpaired) electrons. The van der Waals surface area contributed by atoms with Crippen LogP contribution in [0.15, 0.2) is 36.4 Å². The molecule has 216 valence electrons. The molecule has 1 spiro atoms. The second-order valence-corrected chi connectivity index (χ2v) is 12.7. The minimum Gasteiger partial charge on any atom is -0.378 e. The first-order valence-electron chi connectivity index (χ1n) is 14.7. The lowest BCUT2D eigenvalue weighted by Gasteiger charge is -2.55. The lowest BCUT2D eigenvalue weighted by Crippen LogP contribution is -2.60. The summed E-state index contributed by atoms with van der Waals surface area (Å²) >= 11 is 6.72. The zero-order valence-electron chi connectivity index (χ0n) is 23.2. The molecule has 1 unspecified atom stereocenters. The van der Waals surface area contributed by atoms with Crippen LogP contribution in [0.3, 0.4) is 0 Å². The van der Waals surface area contributed by atoms with E-state index in [0.29, 0.717) is 23.9 Å². The molecule has 4 saturated heterocycles. The van der Waals surface area contributed by atoms with Crippen molar-refractivity contribution in [3.05, 3.63) is 58.1 Å². The highest BCUT2D eigenvalue weighted by Crippen LogP contribution is 2.44. The molecule has 5 aliphatic heterocycles.